The highest BCUT2D eigenvalue weighted by atomic mass is 32.2. The third-order valence-corrected chi connectivity index (χ3v) is 4.39. The van der Waals surface area contributed by atoms with Gasteiger partial charge in [-0.25, -0.2) is 4.72 Å². The molecule has 0 aliphatic carbocycles. The lowest BCUT2D eigenvalue weighted by Gasteiger charge is -2.11. The molecular formula is C16H15N3O3S. The molecule has 1 heterocycles. The molecule has 6 nitrogen and oxygen atoms in total. The number of benzene rings is 2. The van der Waals surface area contributed by atoms with Gasteiger partial charge in [0.1, 0.15) is 0 Å². The van der Waals surface area contributed by atoms with E-state index >= 15 is 0 Å². The number of aryl methyl sites for hydroxylation is 1. The van der Waals surface area contributed by atoms with E-state index in [0.717, 1.165) is 11.1 Å². The van der Waals surface area contributed by atoms with Crippen LogP contribution in [0.1, 0.15) is 15.9 Å². The zero-order chi connectivity index (χ0) is 16.4. The van der Waals surface area contributed by atoms with Crippen molar-refractivity contribution < 1.29 is 13.2 Å². The number of hydrogen-bond acceptors (Lipinski definition) is 3. The first-order valence-electron chi connectivity index (χ1n) is 6.93. The van der Waals surface area contributed by atoms with E-state index in [9.17, 15) is 13.2 Å². The van der Waals surface area contributed by atoms with Gasteiger partial charge >= 0.3 is 10.2 Å². The minimum Gasteiger partial charge on any atom is -0.360 e. The van der Waals surface area contributed by atoms with Gasteiger partial charge in [-0.2, -0.15) is 8.42 Å². The first kappa shape index (κ1) is 15.1. The summed E-state index contributed by atoms with van der Waals surface area (Å²) < 4.78 is 28.7. The second-order valence-electron chi connectivity index (χ2n) is 5.10. The Morgan fingerprint density at radius 1 is 1.04 bits per heavy atom. The monoisotopic (exact) mass is 329 g/mol. The van der Waals surface area contributed by atoms with Crippen LogP contribution < -0.4 is 9.44 Å². The van der Waals surface area contributed by atoms with E-state index in [2.05, 4.69) is 9.71 Å². The number of hydrogen-bond donors (Lipinski definition) is 3. The summed E-state index contributed by atoms with van der Waals surface area (Å²) in [6.45, 7) is 1.78. The Hall–Kier alpha value is -2.80. The van der Waals surface area contributed by atoms with Gasteiger partial charge in [-0.05, 0) is 24.6 Å². The Morgan fingerprint density at radius 3 is 2.52 bits per heavy atom. The summed E-state index contributed by atoms with van der Waals surface area (Å²) in [5.41, 5.74) is 2.22. The normalized spacial score (nSPS) is 11.3. The SMILES string of the molecule is Cc1ccccc1NS(=O)(=O)NC(=O)c1c[nH]c2ccccc12. The number of fused-ring (bicyclic) bond motifs is 1. The second-order valence-corrected chi connectivity index (χ2v) is 6.51. The molecule has 3 aromatic rings. The van der Waals surface area contributed by atoms with Gasteiger partial charge in [0.05, 0.1) is 11.3 Å². The van der Waals surface area contributed by atoms with Crippen LogP contribution in [0.4, 0.5) is 5.69 Å². The lowest BCUT2D eigenvalue weighted by atomic mass is 10.2. The number of H-pyrrole nitrogens is 1. The molecule has 118 valence electrons. The molecule has 0 bridgehead atoms. The van der Waals surface area contributed by atoms with Crippen molar-refractivity contribution >= 4 is 32.7 Å². The molecule has 1 amide bonds. The van der Waals surface area contributed by atoms with Crippen molar-refractivity contribution in [1.82, 2.24) is 9.71 Å². The van der Waals surface area contributed by atoms with Gasteiger partial charge in [-0.15, -0.1) is 0 Å². The van der Waals surface area contributed by atoms with Crippen molar-refractivity contribution in [3.8, 4) is 0 Å². The summed E-state index contributed by atoms with van der Waals surface area (Å²) in [5.74, 6) is -0.691. The summed E-state index contributed by atoms with van der Waals surface area (Å²) in [4.78, 5) is 15.2. The summed E-state index contributed by atoms with van der Waals surface area (Å²) >= 11 is 0. The van der Waals surface area contributed by atoms with Crippen LogP contribution in [0.5, 0.6) is 0 Å². The molecule has 23 heavy (non-hydrogen) atoms. The van der Waals surface area contributed by atoms with Crippen LogP contribution in [-0.4, -0.2) is 19.3 Å². The topological polar surface area (TPSA) is 91.1 Å². The summed E-state index contributed by atoms with van der Waals surface area (Å²) in [7, 11) is -4.01. The van der Waals surface area contributed by atoms with Crippen molar-refractivity contribution in [2.75, 3.05) is 4.72 Å². The first-order valence-corrected chi connectivity index (χ1v) is 8.41. The molecule has 0 aliphatic rings. The third-order valence-electron chi connectivity index (χ3n) is 3.45. The summed E-state index contributed by atoms with van der Waals surface area (Å²) in [6, 6.07) is 14.1. The van der Waals surface area contributed by atoms with Crippen molar-refractivity contribution in [3.63, 3.8) is 0 Å². The zero-order valence-corrected chi connectivity index (χ0v) is 13.1. The Kier molecular flexibility index (Phi) is 3.79. The Labute approximate surface area is 133 Å². The van der Waals surface area contributed by atoms with Gasteiger partial charge in [0, 0.05) is 17.1 Å². The Morgan fingerprint density at radius 2 is 1.74 bits per heavy atom. The van der Waals surface area contributed by atoms with Crippen LogP contribution in [0, 0.1) is 6.92 Å². The largest absolute Gasteiger partial charge is 0.360 e. The Balaban J connectivity index is 1.83. The van der Waals surface area contributed by atoms with Crippen molar-refractivity contribution in [1.29, 1.82) is 0 Å². The zero-order valence-electron chi connectivity index (χ0n) is 12.3. The van der Waals surface area contributed by atoms with Crippen molar-refractivity contribution in [2.24, 2.45) is 0 Å². The summed E-state index contributed by atoms with van der Waals surface area (Å²) in [6.07, 6.45) is 1.49. The predicted octanol–water partition coefficient (Wildman–Crippen LogP) is 2.56. The maximum absolute atomic E-state index is 12.3. The molecule has 0 spiro atoms. The molecule has 0 saturated heterocycles. The fraction of sp³-hybridized carbons (Fsp3) is 0.0625. The van der Waals surface area contributed by atoms with Gasteiger partial charge in [0.25, 0.3) is 5.91 Å². The lowest BCUT2D eigenvalue weighted by Crippen LogP contribution is -2.35. The van der Waals surface area contributed by atoms with Crippen molar-refractivity contribution in [2.45, 2.75) is 6.92 Å². The van der Waals surface area contributed by atoms with Gasteiger partial charge in [-0.1, -0.05) is 36.4 Å². The highest BCUT2D eigenvalue weighted by Crippen LogP contribution is 2.18. The van der Waals surface area contributed by atoms with Gasteiger partial charge in [0.15, 0.2) is 0 Å². The second kappa shape index (κ2) is 5.77. The van der Waals surface area contributed by atoms with E-state index in [0.29, 0.717) is 11.1 Å². The number of rotatable bonds is 4. The number of carbonyl (C=O) groups is 1. The van der Waals surface area contributed by atoms with E-state index in [4.69, 9.17) is 0 Å². The van der Waals surface area contributed by atoms with Crippen LogP contribution in [0.3, 0.4) is 0 Å². The van der Waals surface area contributed by atoms with Crippen LogP contribution >= 0.6 is 0 Å². The molecular weight excluding hydrogens is 314 g/mol. The average molecular weight is 329 g/mol. The molecule has 0 fully saturated rings. The molecule has 1 aromatic heterocycles. The molecule has 2 aromatic carbocycles. The number of para-hydroxylation sites is 2. The van der Waals surface area contributed by atoms with Gasteiger partial charge < -0.3 is 4.98 Å². The predicted molar refractivity (Wildman–Crippen MR) is 89.5 cm³/mol. The van der Waals surface area contributed by atoms with E-state index in [1.807, 2.05) is 16.9 Å². The van der Waals surface area contributed by atoms with E-state index in [1.54, 1.807) is 43.3 Å². The standard InChI is InChI=1S/C16H15N3O3S/c1-11-6-2-4-8-14(11)18-23(21,22)19-16(20)13-10-17-15-9-5-3-7-12(13)15/h2-10,17-18H,1H3,(H,19,20). The number of carbonyl (C=O) groups excluding carboxylic acids is 1. The Bertz CT molecular complexity index is 977. The molecule has 0 atom stereocenters. The lowest BCUT2D eigenvalue weighted by molar-refractivity contribution is 0.0983. The van der Waals surface area contributed by atoms with Crippen LogP contribution in [0.2, 0.25) is 0 Å². The van der Waals surface area contributed by atoms with Gasteiger partial charge in [-0.3, -0.25) is 9.52 Å². The maximum atomic E-state index is 12.3. The molecule has 3 N–H and O–H groups in total. The molecule has 0 saturated carbocycles. The summed E-state index contributed by atoms with van der Waals surface area (Å²) in [5, 5.41) is 0.663. The number of nitrogens with one attached hydrogen (secondary N) is 3. The first-order chi connectivity index (χ1) is 11.0. The molecule has 7 heteroatoms. The number of amides is 1. The van der Waals surface area contributed by atoms with Crippen LogP contribution in [-0.2, 0) is 10.2 Å². The molecule has 0 radical (unpaired) electrons. The van der Waals surface area contributed by atoms with E-state index < -0.39 is 16.1 Å². The van der Waals surface area contributed by atoms with E-state index in [1.165, 1.54) is 6.20 Å². The van der Waals surface area contributed by atoms with Gasteiger partial charge in [0.2, 0.25) is 0 Å². The maximum Gasteiger partial charge on any atom is 0.323 e. The quantitative estimate of drug-likeness (QED) is 0.687. The highest BCUT2D eigenvalue weighted by molar-refractivity contribution is 7.91. The van der Waals surface area contributed by atoms with Crippen LogP contribution in [0.15, 0.2) is 54.7 Å². The smallest absolute Gasteiger partial charge is 0.323 e. The average Bonchev–Trinajstić information content (AvgIpc) is 2.93. The number of aromatic amines is 1. The minimum absolute atomic E-state index is 0.274. The van der Waals surface area contributed by atoms with Crippen LogP contribution in [0.25, 0.3) is 10.9 Å². The molecule has 0 aliphatic heterocycles. The van der Waals surface area contributed by atoms with Crippen molar-refractivity contribution in [3.05, 3.63) is 65.9 Å². The fourth-order valence-corrected chi connectivity index (χ4v) is 3.22. The fourth-order valence-electron chi connectivity index (χ4n) is 2.29. The van der Waals surface area contributed by atoms with E-state index in [-0.39, 0.29) is 5.56 Å². The molecule has 0 unspecified atom stereocenters. The molecule has 3 rings (SSSR count). The minimum atomic E-state index is -4.01. The number of anilines is 1. The highest BCUT2D eigenvalue weighted by Gasteiger charge is 2.19. The number of aromatic nitrogens is 1. The third kappa shape index (κ3) is 3.19.